The van der Waals surface area contributed by atoms with Gasteiger partial charge in [0.05, 0.1) is 10.8 Å². The van der Waals surface area contributed by atoms with E-state index in [0.29, 0.717) is 25.9 Å². The minimum atomic E-state index is -0.680. The van der Waals surface area contributed by atoms with E-state index >= 15 is 0 Å². The van der Waals surface area contributed by atoms with Gasteiger partial charge < -0.3 is 4.90 Å². The zero-order valence-electron chi connectivity index (χ0n) is 10.2. The van der Waals surface area contributed by atoms with Crippen LogP contribution in [0.1, 0.15) is 25.7 Å². The number of nitrogens with one attached hydrogen (secondary N) is 1. The Labute approximate surface area is 105 Å². The maximum atomic E-state index is 12.2. The molecule has 0 spiro atoms. The molecule has 2 aliphatic heterocycles. The number of hydrogen-bond donors (Lipinski definition) is 1. The molecule has 1 N–H and O–H groups in total. The van der Waals surface area contributed by atoms with Crippen molar-refractivity contribution in [3.8, 4) is 0 Å². The van der Waals surface area contributed by atoms with Gasteiger partial charge in [-0.15, -0.1) is 0 Å². The van der Waals surface area contributed by atoms with Crippen LogP contribution >= 0.6 is 0 Å². The molecular formula is C13H16N2O3. The Kier molecular flexibility index (Phi) is 2.18. The van der Waals surface area contributed by atoms with E-state index in [0.717, 1.165) is 12.8 Å². The number of amides is 3. The molecule has 3 aliphatic rings. The lowest BCUT2D eigenvalue weighted by molar-refractivity contribution is -0.133. The number of carbonyl (C=O) groups excluding carboxylic acids is 3. The van der Waals surface area contributed by atoms with Gasteiger partial charge >= 0.3 is 0 Å². The average molecular weight is 248 g/mol. The Morgan fingerprint density at radius 1 is 1.17 bits per heavy atom. The van der Waals surface area contributed by atoms with Crippen molar-refractivity contribution in [1.82, 2.24) is 10.2 Å². The zero-order valence-corrected chi connectivity index (χ0v) is 10.2. The molecule has 5 nitrogen and oxygen atoms in total. The molecule has 0 aromatic rings. The Hall–Kier alpha value is -1.65. The van der Waals surface area contributed by atoms with Gasteiger partial charge in [0.25, 0.3) is 0 Å². The van der Waals surface area contributed by atoms with Crippen molar-refractivity contribution in [2.24, 2.45) is 10.8 Å². The van der Waals surface area contributed by atoms with Crippen molar-refractivity contribution >= 4 is 17.7 Å². The Morgan fingerprint density at radius 2 is 1.67 bits per heavy atom. The molecule has 2 atom stereocenters. The highest BCUT2D eigenvalue weighted by Gasteiger charge is 2.71. The summed E-state index contributed by atoms with van der Waals surface area (Å²) in [6, 6.07) is 0. The van der Waals surface area contributed by atoms with Gasteiger partial charge in [-0.25, -0.2) is 0 Å². The normalized spacial score (nSPS) is 38.1. The van der Waals surface area contributed by atoms with Gasteiger partial charge in [0.1, 0.15) is 0 Å². The molecule has 96 valence electrons. The predicted molar refractivity (Wildman–Crippen MR) is 63.3 cm³/mol. The fraction of sp³-hybridized carbons (Fsp3) is 0.615. The summed E-state index contributed by atoms with van der Waals surface area (Å²) in [5, 5.41) is 2.48. The molecule has 0 aromatic heterocycles. The minimum absolute atomic E-state index is 0.188. The lowest BCUT2D eigenvalue weighted by atomic mass is 9.59. The molecule has 1 aliphatic carbocycles. The van der Waals surface area contributed by atoms with Gasteiger partial charge in [-0.3, -0.25) is 19.7 Å². The van der Waals surface area contributed by atoms with E-state index < -0.39 is 10.8 Å². The number of hydrogen-bond acceptors (Lipinski definition) is 3. The molecule has 0 aromatic carbocycles. The Balaban J connectivity index is 2.06. The highest BCUT2D eigenvalue weighted by atomic mass is 16.2. The third kappa shape index (κ3) is 1.09. The topological polar surface area (TPSA) is 66.5 Å². The van der Waals surface area contributed by atoms with Gasteiger partial charge in [0, 0.05) is 13.1 Å². The maximum Gasteiger partial charge on any atom is 0.246 e. The molecule has 18 heavy (non-hydrogen) atoms. The predicted octanol–water partition coefficient (Wildman–Crippen LogP) is 0.218. The van der Waals surface area contributed by atoms with Crippen LogP contribution in [0.2, 0.25) is 0 Å². The molecule has 2 heterocycles. The second-order valence-corrected chi connectivity index (χ2v) is 5.55. The van der Waals surface area contributed by atoms with Crippen molar-refractivity contribution in [2.75, 3.05) is 13.1 Å². The van der Waals surface area contributed by atoms with Crippen LogP contribution in [0, 0.1) is 10.8 Å². The van der Waals surface area contributed by atoms with Crippen molar-refractivity contribution < 1.29 is 14.4 Å². The third-order valence-corrected chi connectivity index (χ3v) is 4.88. The largest absolute Gasteiger partial charge is 0.337 e. The Bertz CT molecular complexity index is 441. The second-order valence-electron chi connectivity index (χ2n) is 5.55. The summed E-state index contributed by atoms with van der Waals surface area (Å²) < 4.78 is 0. The van der Waals surface area contributed by atoms with Crippen LogP contribution in [0.5, 0.6) is 0 Å². The van der Waals surface area contributed by atoms with Crippen LogP contribution < -0.4 is 5.32 Å². The van der Waals surface area contributed by atoms with Crippen LogP contribution in [0.4, 0.5) is 0 Å². The van der Waals surface area contributed by atoms with E-state index in [1.165, 1.54) is 6.08 Å². The SMILES string of the molecule is C=CC(=O)N1CC23CCCCC2(C1)C(=O)NC3=O. The van der Waals surface area contributed by atoms with Crippen molar-refractivity contribution in [2.45, 2.75) is 25.7 Å². The summed E-state index contributed by atoms with van der Waals surface area (Å²) >= 11 is 0. The van der Waals surface area contributed by atoms with E-state index in [1.807, 2.05) is 0 Å². The first-order valence-corrected chi connectivity index (χ1v) is 6.33. The molecule has 2 saturated heterocycles. The van der Waals surface area contributed by atoms with E-state index in [9.17, 15) is 14.4 Å². The van der Waals surface area contributed by atoms with Crippen LogP contribution in [-0.4, -0.2) is 35.7 Å². The number of likely N-dealkylation sites (tertiary alicyclic amines) is 1. The third-order valence-electron chi connectivity index (χ3n) is 4.88. The molecule has 3 amide bonds. The van der Waals surface area contributed by atoms with Crippen molar-refractivity contribution in [3.05, 3.63) is 12.7 Å². The van der Waals surface area contributed by atoms with Crippen LogP contribution in [0.25, 0.3) is 0 Å². The minimum Gasteiger partial charge on any atom is -0.337 e. The summed E-state index contributed by atoms with van der Waals surface area (Å²) in [6.07, 6.45) is 4.54. The number of imide groups is 1. The summed E-state index contributed by atoms with van der Waals surface area (Å²) in [7, 11) is 0. The number of nitrogens with zero attached hydrogens (tertiary/aromatic N) is 1. The monoisotopic (exact) mass is 248 g/mol. The molecular weight excluding hydrogens is 232 g/mol. The summed E-state index contributed by atoms with van der Waals surface area (Å²) in [4.78, 5) is 37.7. The fourth-order valence-corrected chi connectivity index (χ4v) is 3.93. The maximum absolute atomic E-state index is 12.2. The van der Waals surface area contributed by atoms with E-state index in [4.69, 9.17) is 0 Å². The lowest BCUT2D eigenvalue weighted by Gasteiger charge is -2.38. The van der Waals surface area contributed by atoms with Gasteiger partial charge in [-0.2, -0.15) is 0 Å². The van der Waals surface area contributed by atoms with Crippen LogP contribution in [-0.2, 0) is 14.4 Å². The van der Waals surface area contributed by atoms with Gasteiger partial charge in [0.2, 0.25) is 17.7 Å². The Morgan fingerprint density at radius 3 is 2.11 bits per heavy atom. The first-order valence-electron chi connectivity index (χ1n) is 6.33. The first-order chi connectivity index (χ1) is 8.56. The lowest BCUT2D eigenvalue weighted by Crippen LogP contribution is -2.46. The summed E-state index contributed by atoms with van der Waals surface area (Å²) in [5.74, 6) is -0.566. The molecule has 0 radical (unpaired) electrons. The highest BCUT2D eigenvalue weighted by Crippen LogP contribution is 2.58. The molecule has 2 unspecified atom stereocenters. The van der Waals surface area contributed by atoms with Gasteiger partial charge in [0.15, 0.2) is 0 Å². The van der Waals surface area contributed by atoms with E-state index in [-0.39, 0.29) is 17.7 Å². The second kappa shape index (κ2) is 3.43. The summed E-state index contributed by atoms with van der Waals surface area (Å²) in [5.41, 5.74) is -1.36. The first kappa shape index (κ1) is 11.4. The average Bonchev–Trinajstić information content (AvgIpc) is 2.83. The number of carbonyl (C=O) groups is 3. The smallest absolute Gasteiger partial charge is 0.246 e. The number of rotatable bonds is 1. The molecule has 0 bridgehead atoms. The highest BCUT2D eigenvalue weighted by molar-refractivity contribution is 6.11. The molecule has 3 fully saturated rings. The summed E-state index contributed by atoms with van der Waals surface area (Å²) in [6.45, 7) is 4.19. The van der Waals surface area contributed by atoms with Gasteiger partial charge in [-0.1, -0.05) is 19.4 Å². The standard InChI is InChI=1S/C13H16N2O3/c1-2-9(16)15-7-12-5-3-4-6-13(12,8-15)11(18)14-10(12)17/h2H,1,3-8H2,(H,14,17,18). The fourth-order valence-electron chi connectivity index (χ4n) is 3.93. The van der Waals surface area contributed by atoms with Gasteiger partial charge in [-0.05, 0) is 18.9 Å². The molecule has 5 heteroatoms. The quantitative estimate of drug-likeness (QED) is 0.533. The zero-order chi connectivity index (χ0) is 13.0. The van der Waals surface area contributed by atoms with E-state index in [2.05, 4.69) is 11.9 Å². The van der Waals surface area contributed by atoms with E-state index in [1.54, 1.807) is 4.90 Å². The van der Waals surface area contributed by atoms with Crippen LogP contribution in [0.3, 0.4) is 0 Å². The van der Waals surface area contributed by atoms with Crippen molar-refractivity contribution in [3.63, 3.8) is 0 Å². The molecule has 1 saturated carbocycles. The van der Waals surface area contributed by atoms with Crippen molar-refractivity contribution in [1.29, 1.82) is 0 Å². The van der Waals surface area contributed by atoms with Crippen LogP contribution in [0.15, 0.2) is 12.7 Å². The molecule has 3 rings (SSSR count).